The van der Waals surface area contributed by atoms with Crippen LogP contribution >= 0.6 is 0 Å². The van der Waals surface area contributed by atoms with Crippen molar-refractivity contribution in [3.8, 4) is 0 Å². The first-order valence-electron chi connectivity index (χ1n) is 6.71. The third-order valence-electron chi connectivity index (χ3n) is 4.25. The highest BCUT2D eigenvalue weighted by Gasteiger charge is 2.35. The van der Waals surface area contributed by atoms with E-state index in [2.05, 4.69) is 39.6 Å². The fourth-order valence-electron chi connectivity index (χ4n) is 2.76. The molecule has 0 aromatic rings. The van der Waals surface area contributed by atoms with Gasteiger partial charge in [-0.3, -0.25) is 0 Å². The molecule has 0 radical (unpaired) electrons. The highest BCUT2D eigenvalue weighted by Crippen LogP contribution is 2.40. The van der Waals surface area contributed by atoms with Crippen molar-refractivity contribution < 1.29 is 5.11 Å². The number of hydrogen-bond acceptors (Lipinski definition) is 2. The van der Waals surface area contributed by atoms with Gasteiger partial charge in [0.1, 0.15) is 0 Å². The van der Waals surface area contributed by atoms with Gasteiger partial charge in [-0.1, -0.05) is 27.7 Å². The molecular weight excluding hydrogens is 198 g/mol. The van der Waals surface area contributed by atoms with Crippen LogP contribution in [0.4, 0.5) is 0 Å². The van der Waals surface area contributed by atoms with E-state index in [-0.39, 0.29) is 6.10 Å². The van der Waals surface area contributed by atoms with Crippen LogP contribution in [0, 0.1) is 17.3 Å². The van der Waals surface area contributed by atoms with Gasteiger partial charge < -0.3 is 10.0 Å². The number of nitrogens with zero attached hydrogens (tertiary/aromatic N) is 1. The fraction of sp³-hybridized carbons (Fsp3) is 1.00. The molecule has 0 spiro atoms. The Bertz CT molecular complexity index is 209. The highest BCUT2D eigenvalue weighted by atomic mass is 16.3. The molecule has 1 rings (SSSR count). The molecule has 3 unspecified atom stereocenters. The average molecular weight is 227 g/mol. The van der Waals surface area contributed by atoms with Crippen LogP contribution in [0.1, 0.15) is 47.0 Å². The molecule has 2 nitrogen and oxygen atoms in total. The Kier molecular flexibility index (Phi) is 4.81. The molecule has 96 valence electrons. The lowest BCUT2D eigenvalue weighted by atomic mass is 9.68. The van der Waals surface area contributed by atoms with E-state index in [4.69, 9.17) is 0 Å². The lowest BCUT2D eigenvalue weighted by molar-refractivity contribution is 0.00709. The van der Waals surface area contributed by atoms with Crippen LogP contribution in [-0.2, 0) is 0 Å². The molecule has 1 fully saturated rings. The third-order valence-corrected chi connectivity index (χ3v) is 4.25. The zero-order valence-electron chi connectivity index (χ0n) is 11.7. The van der Waals surface area contributed by atoms with Crippen LogP contribution in [0.15, 0.2) is 0 Å². The van der Waals surface area contributed by atoms with Gasteiger partial charge in [-0.2, -0.15) is 0 Å². The minimum absolute atomic E-state index is 0.0763. The Hall–Kier alpha value is -0.0800. The summed E-state index contributed by atoms with van der Waals surface area (Å²) in [5, 5.41) is 10.1. The molecule has 1 aliphatic carbocycles. The zero-order valence-corrected chi connectivity index (χ0v) is 11.7. The lowest BCUT2D eigenvalue weighted by Crippen LogP contribution is -2.40. The van der Waals surface area contributed by atoms with E-state index in [9.17, 15) is 5.11 Å². The molecule has 16 heavy (non-hydrogen) atoms. The van der Waals surface area contributed by atoms with E-state index in [1.54, 1.807) is 0 Å². The van der Waals surface area contributed by atoms with Crippen molar-refractivity contribution in [1.29, 1.82) is 0 Å². The van der Waals surface area contributed by atoms with Gasteiger partial charge in [0, 0.05) is 6.54 Å². The Labute approximate surface area is 101 Å². The van der Waals surface area contributed by atoms with Gasteiger partial charge in [-0.15, -0.1) is 0 Å². The van der Waals surface area contributed by atoms with Crippen LogP contribution in [-0.4, -0.2) is 36.2 Å². The Morgan fingerprint density at radius 3 is 2.38 bits per heavy atom. The van der Waals surface area contributed by atoms with Gasteiger partial charge in [0.15, 0.2) is 0 Å². The molecule has 0 aromatic heterocycles. The second-order valence-corrected chi connectivity index (χ2v) is 6.56. The van der Waals surface area contributed by atoms with Gasteiger partial charge in [0.2, 0.25) is 0 Å². The van der Waals surface area contributed by atoms with Crippen molar-refractivity contribution in [2.24, 2.45) is 17.3 Å². The predicted molar refractivity (Wildman–Crippen MR) is 69.5 cm³/mol. The Morgan fingerprint density at radius 2 is 1.88 bits per heavy atom. The smallest absolute Gasteiger partial charge is 0.0580 e. The quantitative estimate of drug-likeness (QED) is 0.801. The molecule has 0 heterocycles. The Morgan fingerprint density at radius 1 is 1.25 bits per heavy atom. The van der Waals surface area contributed by atoms with Crippen LogP contribution in [0.3, 0.4) is 0 Å². The summed E-state index contributed by atoms with van der Waals surface area (Å²) in [6.45, 7) is 11.3. The van der Waals surface area contributed by atoms with Crippen molar-refractivity contribution in [3.05, 3.63) is 0 Å². The van der Waals surface area contributed by atoms with Gasteiger partial charge in [0.05, 0.1) is 6.10 Å². The Balaban J connectivity index is 2.55. The van der Waals surface area contributed by atoms with Crippen LogP contribution in [0.2, 0.25) is 0 Å². The monoisotopic (exact) mass is 227 g/mol. The molecule has 0 aromatic carbocycles. The normalized spacial score (nSPS) is 32.1. The summed E-state index contributed by atoms with van der Waals surface area (Å²) in [5.41, 5.74) is 0.392. The number of hydrogen-bond donors (Lipinski definition) is 1. The van der Waals surface area contributed by atoms with E-state index < -0.39 is 0 Å². The molecular formula is C14H29NO. The average Bonchev–Trinajstić information content (AvgIpc) is 2.19. The lowest BCUT2D eigenvalue weighted by Gasteiger charge is -2.41. The topological polar surface area (TPSA) is 23.5 Å². The maximum absolute atomic E-state index is 10.1. The second kappa shape index (κ2) is 5.50. The van der Waals surface area contributed by atoms with Gasteiger partial charge in [-0.25, -0.2) is 0 Å². The van der Waals surface area contributed by atoms with E-state index in [0.717, 1.165) is 25.4 Å². The van der Waals surface area contributed by atoms with E-state index in [0.29, 0.717) is 11.3 Å². The second-order valence-electron chi connectivity index (χ2n) is 6.56. The number of aliphatic hydroxyl groups excluding tert-OH is 1. The summed E-state index contributed by atoms with van der Waals surface area (Å²) >= 11 is 0. The molecule has 0 saturated heterocycles. The minimum Gasteiger partial charge on any atom is -0.393 e. The summed E-state index contributed by atoms with van der Waals surface area (Å²) in [6, 6.07) is 0. The van der Waals surface area contributed by atoms with E-state index in [1.807, 2.05) is 0 Å². The van der Waals surface area contributed by atoms with Crippen molar-refractivity contribution in [2.45, 2.75) is 53.1 Å². The van der Waals surface area contributed by atoms with E-state index in [1.165, 1.54) is 12.8 Å². The summed E-state index contributed by atoms with van der Waals surface area (Å²) in [7, 11) is 2.15. The molecule has 3 atom stereocenters. The first-order valence-corrected chi connectivity index (χ1v) is 6.71. The van der Waals surface area contributed by atoms with Gasteiger partial charge >= 0.3 is 0 Å². The first kappa shape index (κ1) is 14.0. The number of rotatable bonds is 3. The predicted octanol–water partition coefficient (Wildman–Crippen LogP) is 2.76. The maximum atomic E-state index is 10.1. The largest absolute Gasteiger partial charge is 0.393 e. The molecule has 1 N–H and O–H groups in total. The molecule has 0 bridgehead atoms. The molecule has 0 aliphatic heterocycles. The van der Waals surface area contributed by atoms with Crippen LogP contribution in [0.5, 0.6) is 0 Å². The molecule has 2 heteroatoms. The standard InChI is InChI=1S/C14H29NO/c1-6-15(5)10-11-9-12(14(2,3)4)7-8-13(11)16/h11-13,16H,6-10H2,1-5H3. The SMILES string of the molecule is CCN(C)CC1CC(C(C)(C)C)CCC1O. The molecule has 0 amide bonds. The maximum Gasteiger partial charge on any atom is 0.0580 e. The number of aliphatic hydroxyl groups is 1. The fourth-order valence-corrected chi connectivity index (χ4v) is 2.76. The van der Waals surface area contributed by atoms with E-state index >= 15 is 0 Å². The van der Waals surface area contributed by atoms with Crippen molar-refractivity contribution in [1.82, 2.24) is 4.90 Å². The highest BCUT2D eigenvalue weighted by molar-refractivity contribution is 4.86. The van der Waals surface area contributed by atoms with Crippen LogP contribution in [0.25, 0.3) is 0 Å². The third kappa shape index (κ3) is 3.74. The van der Waals surface area contributed by atoms with Crippen molar-refractivity contribution in [3.63, 3.8) is 0 Å². The summed E-state index contributed by atoms with van der Waals surface area (Å²) in [4.78, 5) is 2.32. The van der Waals surface area contributed by atoms with Crippen molar-refractivity contribution in [2.75, 3.05) is 20.1 Å². The van der Waals surface area contributed by atoms with Crippen molar-refractivity contribution >= 4 is 0 Å². The minimum atomic E-state index is -0.0763. The first-order chi connectivity index (χ1) is 7.34. The molecule has 1 aliphatic rings. The summed E-state index contributed by atoms with van der Waals surface area (Å²) < 4.78 is 0. The zero-order chi connectivity index (χ0) is 12.3. The molecule has 1 saturated carbocycles. The van der Waals surface area contributed by atoms with Gasteiger partial charge in [-0.05, 0) is 50.1 Å². The summed E-state index contributed by atoms with van der Waals surface area (Å²) in [5.74, 6) is 1.24. The summed E-state index contributed by atoms with van der Waals surface area (Å²) in [6.07, 6.45) is 3.29. The van der Waals surface area contributed by atoms with Gasteiger partial charge in [0.25, 0.3) is 0 Å². The van der Waals surface area contributed by atoms with Crippen LogP contribution < -0.4 is 0 Å².